The smallest absolute Gasteiger partial charge is 0.434 e. The maximum absolute atomic E-state index is 14.0. The van der Waals surface area contributed by atoms with Gasteiger partial charge in [-0.1, -0.05) is 6.07 Å². The molecule has 2 atom stereocenters. The van der Waals surface area contributed by atoms with Gasteiger partial charge in [0.1, 0.15) is 18.6 Å². The van der Waals surface area contributed by atoms with Gasteiger partial charge in [-0.15, -0.1) is 0 Å². The van der Waals surface area contributed by atoms with Gasteiger partial charge in [-0.05, 0) is 17.7 Å². The van der Waals surface area contributed by atoms with Crippen LogP contribution in [0.5, 0.6) is 5.75 Å². The number of pyridine rings is 1. The van der Waals surface area contributed by atoms with Crippen molar-refractivity contribution in [3.05, 3.63) is 35.0 Å². The molecule has 0 spiro atoms. The molecule has 26 heavy (non-hydrogen) atoms. The molecule has 0 fully saturated rings. The summed E-state index contributed by atoms with van der Waals surface area (Å²) in [7, 11) is 1.20. The summed E-state index contributed by atoms with van der Waals surface area (Å²) >= 11 is 0. The zero-order valence-electron chi connectivity index (χ0n) is 13.4. The lowest BCUT2D eigenvalue weighted by Crippen LogP contribution is -2.27. The molecular formula is C16H14F6N2O2. The number of carbonyl (C=O) groups is 1. The number of fused-ring (bicyclic) bond motifs is 1. The summed E-state index contributed by atoms with van der Waals surface area (Å²) in [6.07, 6.45) is -11.1. The molecule has 2 unspecified atom stereocenters. The minimum Gasteiger partial charge on any atom is -0.496 e. The van der Waals surface area contributed by atoms with Gasteiger partial charge in [0, 0.05) is 11.8 Å². The van der Waals surface area contributed by atoms with Gasteiger partial charge >= 0.3 is 6.18 Å². The maximum Gasteiger partial charge on any atom is 0.434 e. The zero-order valence-corrected chi connectivity index (χ0v) is 13.4. The summed E-state index contributed by atoms with van der Waals surface area (Å²) in [6.45, 7) is -1.67. The van der Waals surface area contributed by atoms with Crippen LogP contribution in [0.4, 0.5) is 26.3 Å². The van der Waals surface area contributed by atoms with Gasteiger partial charge in [0.25, 0.3) is 5.91 Å². The average molecular weight is 380 g/mol. The molecule has 0 saturated carbocycles. The van der Waals surface area contributed by atoms with Gasteiger partial charge in [0.2, 0.25) is 0 Å². The minimum absolute atomic E-state index is 0.0101. The molecule has 1 amide bonds. The zero-order chi connectivity index (χ0) is 19.6. The van der Waals surface area contributed by atoms with E-state index in [0.29, 0.717) is 0 Å². The highest BCUT2D eigenvalue weighted by atomic mass is 19.4. The Kier molecular flexibility index (Phi) is 5.62. The number of methoxy groups -OCH3 is 1. The van der Waals surface area contributed by atoms with E-state index in [1.165, 1.54) is 25.3 Å². The number of nitrogens with two attached hydrogens (primary N) is 1. The van der Waals surface area contributed by atoms with E-state index in [4.69, 9.17) is 10.5 Å². The van der Waals surface area contributed by atoms with Crippen molar-refractivity contribution in [3.8, 4) is 5.75 Å². The summed E-state index contributed by atoms with van der Waals surface area (Å²) in [5.41, 5.74) is 1.57. The molecule has 1 aromatic carbocycles. The third-order valence-electron chi connectivity index (χ3n) is 3.75. The van der Waals surface area contributed by atoms with Crippen LogP contribution in [0.25, 0.3) is 10.9 Å². The Balaban J connectivity index is 2.89. The number of amides is 1. The summed E-state index contributed by atoms with van der Waals surface area (Å²) in [6, 6.07) is 3.88. The number of rotatable bonds is 6. The molecule has 0 aliphatic heterocycles. The second kappa shape index (κ2) is 7.38. The minimum atomic E-state index is -5.07. The normalized spacial score (nSPS) is 14.3. The predicted octanol–water partition coefficient (Wildman–Crippen LogP) is 3.55. The first-order valence-corrected chi connectivity index (χ1v) is 7.32. The van der Waals surface area contributed by atoms with Crippen molar-refractivity contribution in [2.75, 3.05) is 13.8 Å². The molecule has 0 aliphatic rings. The lowest BCUT2D eigenvalue weighted by Gasteiger charge is -2.20. The number of halogens is 6. The van der Waals surface area contributed by atoms with Crippen molar-refractivity contribution in [3.63, 3.8) is 0 Å². The fraction of sp³-hybridized carbons (Fsp3) is 0.375. The predicted molar refractivity (Wildman–Crippen MR) is 81.3 cm³/mol. The standard InChI is InChI=1S/C16H14F6N2O2/c1-26-11-4-2-3-10-12(11)7(5-8(18)9(19)6-17)13(15(23)25)14(24-10)16(20,21)22/h2-4,8-9H,5-6H2,1H3,(H2,23,25). The first kappa shape index (κ1) is 19.8. The van der Waals surface area contributed by atoms with Crippen molar-refractivity contribution >= 4 is 16.8 Å². The summed E-state index contributed by atoms with van der Waals surface area (Å²) in [5.74, 6) is -1.53. The Morgan fingerprint density at radius 1 is 1.27 bits per heavy atom. The van der Waals surface area contributed by atoms with Crippen molar-refractivity contribution in [1.82, 2.24) is 4.98 Å². The fourth-order valence-corrected chi connectivity index (χ4v) is 2.62. The topological polar surface area (TPSA) is 65.2 Å². The summed E-state index contributed by atoms with van der Waals surface area (Å²) in [5, 5.41) is -0.120. The lowest BCUT2D eigenvalue weighted by molar-refractivity contribution is -0.141. The number of hydrogen-bond donors (Lipinski definition) is 1. The van der Waals surface area contributed by atoms with Crippen LogP contribution < -0.4 is 10.5 Å². The molecule has 2 rings (SSSR count). The van der Waals surface area contributed by atoms with Gasteiger partial charge in [-0.3, -0.25) is 4.79 Å². The van der Waals surface area contributed by atoms with Crippen LogP contribution in [-0.4, -0.2) is 37.0 Å². The number of aromatic nitrogens is 1. The molecule has 10 heteroatoms. The number of carbonyl (C=O) groups excluding carboxylic acids is 1. The molecule has 0 saturated heterocycles. The second-order valence-electron chi connectivity index (χ2n) is 5.42. The van der Waals surface area contributed by atoms with E-state index in [9.17, 15) is 31.1 Å². The van der Waals surface area contributed by atoms with Gasteiger partial charge in [0.15, 0.2) is 11.9 Å². The van der Waals surface area contributed by atoms with Crippen LogP contribution in [0.1, 0.15) is 21.6 Å². The summed E-state index contributed by atoms with van der Waals surface area (Å²) in [4.78, 5) is 15.1. The maximum atomic E-state index is 14.0. The van der Waals surface area contributed by atoms with Crippen LogP contribution in [-0.2, 0) is 12.6 Å². The quantitative estimate of drug-likeness (QED) is 0.780. The molecule has 1 heterocycles. The molecule has 2 N–H and O–H groups in total. The largest absolute Gasteiger partial charge is 0.496 e. The molecule has 0 aliphatic carbocycles. The molecule has 0 bridgehead atoms. The monoisotopic (exact) mass is 380 g/mol. The molecule has 4 nitrogen and oxygen atoms in total. The van der Waals surface area contributed by atoms with E-state index in [2.05, 4.69) is 4.98 Å². The Labute approximate surface area is 143 Å². The number of ether oxygens (including phenoxy) is 1. The molecular weight excluding hydrogens is 366 g/mol. The Hall–Kier alpha value is -2.52. The van der Waals surface area contributed by atoms with Crippen molar-refractivity contribution < 1.29 is 35.9 Å². The van der Waals surface area contributed by atoms with E-state index < -0.39 is 54.3 Å². The first-order chi connectivity index (χ1) is 12.1. The highest BCUT2D eigenvalue weighted by Gasteiger charge is 2.40. The lowest BCUT2D eigenvalue weighted by atomic mass is 9.93. The van der Waals surface area contributed by atoms with Crippen LogP contribution in [0.2, 0.25) is 0 Å². The van der Waals surface area contributed by atoms with E-state index in [1.807, 2.05) is 0 Å². The SMILES string of the molecule is COc1cccc2nc(C(F)(F)F)c(C(N)=O)c(CC(F)C(F)CF)c12. The molecule has 2 aromatic rings. The van der Waals surface area contributed by atoms with Gasteiger partial charge in [-0.25, -0.2) is 18.2 Å². The Morgan fingerprint density at radius 2 is 1.92 bits per heavy atom. The average Bonchev–Trinajstić information content (AvgIpc) is 2.58. The number of hydrogen-bond acceptors (Lipinski definition) is 3. The highest BCUT2D eigenvalue weighted by molar-refractivity contribution is 6.02. The van der Waals surface area contributed by atoms with E-state index >= 15 is 0 Å². The Bertz CT molecular complexity index is 824. The fourth-order valence-electron chi connectivity index (χ4n) is 2.62. The summed E-state index contributed by atoms with van der Waals surface area (Å²) < 4.78 is 84.8. The third kappa shape index (κ3) is 3.68. The first-order valence-electron chi connectivity index (χ1n) is 7.32. The van der Waals surface area contributed by atoms with Gasteiger partial charge < -0.3 is 10.5 Å². The van der Waals surface area contributed by atoms with Crippen LogP contribution in [0.15, 0.2) is 18.2 Å². The number of alkyl halides is 6. The molecule has 142 valence electrons. The molecule has 1 aromatic heterocycles. The number of benzene rings is 1. The van der Waals surface area contributed by atoms with Crippen LogP contribution in [0.3, 0.4) is 0 Å². The van der Waals surface area contributed by atoms with Crippen LogP contribution >= 0.6 is 0 Å². The van der Waals surface area contributed by atoms with E-state index in [-0.39, 0.29) is 16.7 Å². The number of primary amides is 1. The van der Waals surface area contributed by atoms with E-state index in [1.54, 1.807) is 0 Å². The third-order valence-corrected chi connectivity index (χ3v) is 3.75. The van der Waals surface area contributed by atoms with Crippen molar-refractivity contribution in [2.45, 2.75) is 24.9 Å². The van der Waals surface area contributed by atoms with Crippen LogP contribution in [0, 0.1) is 0 Å². The van der Waals surface area contributed by atoms with Gasteiger partial charge in [0.05, 0.1) is 18.2 Å². The molecule has 0 radical (unpaired) electrons. The number of nitrogens with zero attached hydrogens (tertiary/aromatic N) is 1. The highest BCUT2D eigenvalue weighted by Crippen LogP contribution is 2.38. The Morgan fingerprint density at radius 3 is 2.42 bits per heavy atom. The van der Waals surface area contributed by atoms with Crippen molar-refractivity contribution in [2.24, 2.45) is 5.73 Å². The van der Waals surface area contributed by atoms with E-state index in [0.717, 1.165) is 0 Å². The van der Waals surface area contributed by atoms with Crippen molar-refractivity contribution in [1.29, 1.82) is 0 Å². The van der Waals surface area contributed by atoms with Gasteiger partial charge in [-0.2, -0.15) is 13.2 Å². The second-order valence-corrected chi connectivity index (χ2v) is 5.42.